The molecule has 1 fully saturated rings. The third kappa shape index (κ3) is 4.87. The van der Waals surface area contributed by atoms with Gasteiger partial charge < -0.3 is 5.32 Å². The smallest absolute Gasteiger partial charge is 0.0244 e. The molecule has 2 rings (SSSR count). The third-order valence-corrected chi connectivity index (χ3v) is 4.84. The number of benzene rings is 1. The van der Waals surface area contributed by atoms with Crippen LogP contribution in [0.2, 0.25) is 0 Å². The number of nitrogens with one attached hydrogen (secondary N) is 1. The van der Waals surface area contributed by atoms with E-state index in [0.29, 0.717) is 6.04 Å². The predicted molar refractivity (Wildman–Crippen MR) is 89.8 cm³/mol. The minimum absolute atomic E-state index is 0.531. The van der Waals surface area contributed by atoms with Crippen molar-refractivity contribution in [1.82, 2.24) is 10.2 Å². The van der Waals surface area contributed by atoms with Crippen molar-refractivity contribution >= 4 is 15.9 Å². The molecule has 0 aliphatic carbocycles. The molecule has 3 heteroatoms. The van der Waals surface area contributed by atoms with Gasteiger partial charge >= 0.3 is 0 Å². The van der Waals surface area contributed by atoms with Crippen molar-refractivity contribution < 1.29 is 0 Å². The highest BCUT2D eigenvalue weighted by Crippen LogP contribution is 2.23. The molecule has 0 bridgehead atoms. The van der Waals surface area contributed by atoms with E-state index in [-0.39, 0.29) is 0 Å². The summed E-state index contributed by atoms with van der Waals surface area (Å²) in [5.74, 6) is 0.902. The maximum atomic E-state index is 3.74. The van der Waals surface area contributed by atoms with Crippen LogP contribution in [-0.2, 0) is 13.1 Å². The van der Waals surface area contributed by atoms with E-state index >= 15 is 0 Å². The molecule has 0 radical (unpaired) electrons. The van der Waals surface area contributed by atoms with Crippen molar-refractivity contribution in [2.75, 3.05) is 13.1 Å². The maximum Gasteiger partial charge on any atom is 0.0244 e. The van der Waals surface area contributed by atoms with Crippen molar-refractivity contribution in [3.05, 3.63) is 33.8 Å². The summed E-state index contributed by atoms with van der Waals surface area (Å²) in [4.78, 5) is 2.58. The Hall–Kier alpha value is -0.380. The highest BCUT2D eigenvalue weighted by molar-refractivity contribution is 9.10. The summed E-state index contributed by atoms with van der Waals surface area (Å²) in [6.07, 6.45) is 2.68. The van der Waals surface area contributed by atoms with Gasteiger partial charge in [-0.05, 0) is 49.0 Å². The van der Waals surface area contributed by atoms with Gasteiger partial charge in [0.2, 0.25) is 0 Å². The molecule has 0 unspecified atom stereocenters. The molecule has 0 amide bonds. The van der Waals surface area contributed by atoms with Crippen LogP contribution in [0, 0.1) is 5.92 Å². The first-order chi connectivity index (χ1) is 9.54. The van der Waals surface area contributed by atoms with Gasteiger partial charge in [-0.1, -0.05) is 48.8 Å². The molecule has 1 aromatic carbocycles. The van der Waals surface area contributed by atoms with E-state index in [1.165, 1.54) is 41.5 Å². The Kier molecular flexibility index (Phi) is 6.06. The van der Waals surface area contributed by atoms with Crippen LogP contribution < -0.4 is 5.32 Å². The van der Waals surface area contributed by atoms with Crippen LogP contribution >= 0.6 is 15.9 Å². The van der Waals surface area contributed by atoms with Gasteiger partial charge in [-0.25, -0.2) is 0 Å². The molecule has 112 valence electrons. The second-order valence-electron chi connectivity index (χ2n) is 6.42. The number of hydrogen-bond acceptors (Lipinski definition) is 2. The fourth-order valence-corrected chi connectivity index (χ4v) is 3.16. The number of nitrogens with zero attached hydrogens (tertiary/aromatic N) is 1. The maximum absolute atomic E-state index is 3.74. The molecule has 1 saturated heterocycles. The Morgan fingerprint density at radius 3 is 2.60 bits per heavy atom. The summed E-state index contributed by atoms with van der Waals surface area (Å²) in [7, 11) is 0. The molecule has 1 N–H and O–H groups in total. The fourth-order valence-electron chi connectivity index (χ4n) is 2.61. The van der Waals surface area contributed by atoms with Crippen LogP contribution in [0.4, 0.5) is 0 Å². The number of halogens is 1. The molecule has 1 aliphatic heterocycles. The zero-order valence-electron chi connectivity index (χ0n) is 13.0. The SMILES string of the molecule is CC1CCN(Cc2ccc(CNC(C)C)cc2Br)CC1. The average molecular weight is 339 g/mol. The second kappa shape index (κ2) is 7.58. The van der Waals surface area contributed by atoms with Crippen LogP contribution in [0.1, 0.15) is 44.7 Å². The molecule has 0 saturated carbocycles. The molecule has 1 heterocycles. The van der Waals surface area contributed by atoms with E-state index < -0.39 is 0 Å². The van der Waals surface area contributed by atoms with Crippen LogP contribution in [-0.4, -0.2) is 24.0 Å². The van der Waals surface area contributed by atoms with E-state index in [4.69, 9.17) is 0 Å². The highest BCUT2D eigenvalue weighted by Gasteiger charge is 2.16. The monoisotopic (exact) mass is 338 g/mol. The first kappa shape index (κ1) is 16.0. The fraction of sp³-hybridized carbons (Fsp3) is 0.647. The van der Waals surface area contributed by atoms with Gasteiger partial charge in [0.1, 0.15) is 0 Å². The Labute approximate surface area is 132 Å². The molecular weight excluding hydrogens is 312 g/mol. The van der Waals surface area contributed by atoms with Gasteiger partial charge in [0.15, 0.2) is 0 Å². The molecule has 1 aromatic rings. The van der Waals surface area contributed by atoms with Crippen molar-refractivity contribution in [3.63, 3.8) is 0 Å². The van der Waals surface area contributed by atoms with Crippen LogP contribution in [0.3, 0.4) is 0 Å². The lowest BCUT2D eigenvalue weighted by Crippen LogP contribution is -2.32. The van der Waals surface area contributed by atoms with Crippen molar-refractivity contribution in [2.24, 2.45) is 5.92 Å². The topological polar surface area (TPSA) is 15.3 Å². The number of piperidine rings is 1. The van der Waals surface area contributed by atoms with Crippen LogP contribution in [0.25, 0.3) is 0 Å². The summed E-state index contributed by atoms with van der Waals surface area (Å²) in [6.45, 7) is 11.2. The van der Waals surface area contributed by atoms with E-state index in [9.17, 15) is 0 Å². The Bertz CT molecular complexity index is 423. The van der Waals surface area contributed by atoms with Gasteiger partial charge in [-0.2, -0.15) is 0 Å². The normalized spacial score (nSPS) is 17.9. The Morgan fingerprint density at radius 2 is 2.00 bits per heavy atom. The second-order valence-corrected chi connectivity index (χ2v) is 7.27. The van der Waals surface area contributed by atoms with E-state index in [2.05, 4.69) is 65.1 Å². The van der Waals surface area contributed by atoms with Gasteiger partial charge in [0, 0.05) is 23.6 Å². The summed E-state index contributed by atoms with van der Waals surface area (Å²) in [5, 5.41) is 3.46. The average Bonchev–Trinajstić information content (AvgIpc) is 2.41. The summed E-state index contributed by atoms with van der Waals surface area (Å²) < 4.78 is 1.25. The van der Waals surface area contributed by atoms with Gasteiger partial charge in [0.05, 0.1) is 0 Å². The van der Waals surface area contributed by atoms with Gasteiger partial charge in [0.25, 0.3) is 0 Å². The molecular formula is C17H27BrN2. The standard InChI is InChI=1S/C17H27BrN2/c1-13(2)19-11-15-4-5-16(17(18)10-15)12-20-8-6-14(3)7-9-20/h4-5,10,13-14,19H,6-9,11-12H2,1-3H3. The lowest BCUT2D eigenvalue weighted by atomic mass is 9.99. The number of likely N-dealkylation sites (tertiary alicyclic amines) is 1. The van der Waals surface area contributed by atoms with Gasteiger partial charge in [-0.15, -0.1) is 0 Å². The Morgan fingerprint density at radius 1 is 1.30 bits per heavy atom. The molecule has 0 atom stereocenters. The van der Waals surface area contributed by atoms with Crippen molar-refractivity contribution in [1.29, 1.82) is 0 Å². The summed E-state index contributed by atoms with van der Waals surface area (Å²) in [6, 6.07) is 7.32. The van der Waals surface area contributed by atoms with E-state index in [1.54, 1.807) is 0 Å². The lowest BCUT2D eigenvalue weighted by Gasteiger charge is -2.30. The molecule has 2 nitrogen and oxygen atoms in total. The summed E-state index contributed by atoms with van der Waals surface area (Å²) >= 11 is 3.74. The summed E-state index contributed by atoms with van der Waals surface area (Å²) in [5.41, 5.74) is 2.76. The minimum atomic E-state index is 0.531. The third-order valence-electron chi connectivity index (χ3n) is 4.10. The molecule has 1 aliphatic rings. The first-order valence-electron chi connectivity index (χ1n) is 7.77. The van der Waals surface area contributed by atoms with Crippen molar-refractivity contribution in [2.45, 2.75) is 52.7 Å². The first-order valence-corrected chi connectivity index (χ1v) is 8.57. The largest absolute Gasteiger partial charge is 0.310 e. The minimum Gasteiger partial charge on any atom is -0.310 e. The predicted octanol–water partition coefficient (Wildman–Crippen LogP) is 4.18. The number of rotatable bonds is 5. The van der Waals surface area contributed by atoms with Crippen molar-refractivity contribution in [3.8, 4) is 0 Å². The highest BCUT2D eigenvalue weighted by atomic mass is 79.9. The van der Waals surface area contributed by atoms with Crippen LogP contribution in [0.5, 0.6) is 0 Å². The molecule has 0 spiro atoms. The molecule has 0 aromatic heterocycles. The molecule has 20 heavy (non-hydrogen) atoms. The Balaban J connectivity index is 1.92. The van der Waals surface area contributed by atoms with E-state index in [0.717, 1.165) is 19.0 Å². The zero-order valence-corrected chi connectivity index (χ0v) is 14.5. The van der Waals surface area contributed by atoms with Gasteiger partial charge in [-0.3, -0.25) is 4.90 Å². The van der Waals surface area contributed by atoms with Crippen LogP contribution in [0.15, 0.2) is 22.7 Å². The van der Waals surface area contributed by atoms with E-state index in [1.807, 2.05) is 0 Å². The lowest BCUT2D eigenvalue weighted by molar-refractivity contribution is 0.185. The zero-order chi connectivity index (χ0) is 14.5. The number of hydrogen-bond donors (Lipinski definition) is 1. The quantitative estimate of drug-likeness (QED) is 0.866.